The molecule has 0 spiro atoms. The van der Waals surface area contributed by atoms with Crippen molar-refractivity contribution in [2.24, 2.45) is 0 Å². The minimum Gasteiger partial charge on any atom is -0.381 e. The van der Waals surface area contributed by atoms with E-state index in [-0.39, 0.29) is 18.0 Å². The predicted molar refractivity (Wildman–Crippen MR) is 85.6 cm³/mol. The number of carbonyl (C=O) groups is 1. The zero-order chi connectivity index (χ0) is 14.7. The van der Waals surface area contributed by atoms with E-state index >= 15 is 0 Å². The summed E-state index contributed by atoms with van der Waals surface area (Å²) in [6.45, 7) is 5.99. The molecule has 114 valence electrons. The number of benzene rings is 1. The molecular formula is C16H24N4O. The fourth-order valence-electron chi connectivity index (χ4n) is 3.13. The molecule has 0 saturated carbocycles. The summed E-state index contributed by atoms with van der Waals surface area (Å²) in [6.07, 6.45) is 2.25. The van der Waals surface area contributed by atoms with Crippen LogP contribution in [0.5, 0.6) is 0 Å². The van der Waals surface area contributed by atoms with Gasteiger partial charge in [-0.3, -0.25) is 4.79 Å². The monoisotopic (exact) mass is 288 g/mol. The summed E-state index contributed by atoms with van der Waals surface area (Å²) < 4.78 is 0. The second kappa shape index (κ2) is 6.35. The number of amides is 1. The average Bonchev–Trinajstić information content (AvgIpc) is 2.54. The molecule has 0 aliphatic carbocycles. The van der Waals surface area contributed by atoms with Crippen LogP contribution >= 0.6 is 0 Å². The first-order valence-electron chi connectivity index (χ1n) is 7.88. The van der Waals surface area contributed by atoms with E-state index < -0.39 is 0 Å². The first kappa shape index (κ1) is 14.2. The molecule has 2 unspecified atom stereocenters. The largest absolute Gasteiger partial charge is 0.381 e. The third-order valence-electron chi connectivity index (χ3n) is 4.37. The predicted octanol–water partition coefficient (Wildman–Crippen LogP) is 1.49. The maximum absolute atomic E-state index is 12.4. The maximum Gasteiger partial charge on any atom is 0.244 e. The first-order chi connectivity index (χ1) is 10.3. The highest BCUT2D eigenvalue weighted by molar-refractivity contribution is 5.88. The third kappa shape index (κ3) is 3.29. The van der Waals surface area contributed by atoms with Gasteiger partial charge in [0.2, 0.25) is 5.91 Å². The van der Waals surface area contributed by atoms with Gasteiger partial charge in [-0.1, -0.05) is 19.1 Å². The molecule has 5 heteroatoms. The Balaban J connectivity index is 1.57. The van der Waals surface area contributed by atoms with Crippen LogP contribution in [0.15, 0.2) is 24.3 Å². The number of para-hydroxylation sites is 2. The van der Waals surface area contributed by atoms with Crippen LogP contribution in [0, 0.1) is 0 Å². The molecule has 2 aliphatic heterocycles. The molecule has 21 heavy (non-hydrogen) atoms. The minimum atomic E-state index is -0.197. The fourth-order valence-corrected chi connectivity index (χ4v) is 3.13. The Hall–Kier alpha value is -1.75. The lowest BCUT2D eigenvalue weighted by Crippen LogP contribution is -2.53. The second-order valence-corrected chi connectivity index (χ2v) is 5.86. The smallest absolute Gasteiger partial charge is 0.244 e. The number of nitrogens with zero attached hydrogens (tertiary/aromatic N) is 1. The Morgan fingerprint density at radius 1 is 1.38 bits per heavy atom. The van der Waals surface area contributed by atoms with E-state index in [2.05, 4.69) is 27.8 Å². The number of nitrogens with one attached hydrogen (secondary N) is 3. The maximum atomic E-state index is 12.4. The SMILES string of the molecule is CCN1CCCC(NC(=O)C2CNc3ccccc3N2)C1. The highest BCUT2D eigenvalue weighted by atomic mass is 16.2. The van der Waals surface area contributed by atoms with Crippen LogP contribution in [0.25, 0.3) is 0 Å². The molecule has 1 saturated heterocycles. The van der Waals surface area contributed by atoms with Gasteiger partial charge in [0, 0.05) is 19.1 Å². The van der Waals surface area contributed by atoms with E-state index in [0.29, 0.717) is 6.54 Å². The van der Waals surface area contributed by atoms with Gasteiger partial charge in [-0.15, -0.1) is 0 Å². The van der Waals surface area contributed by atoms with Crippen molar-refractivity contribution in [1.29, 1.82) is 0 Å². The second-order valence-electron chi connectivity index (χ2n) is 5.86. The normalized spacial score (nSPS) is 25.4. The van der Waals surface area contributed by atoms with E-state index in [1.54, 1.807) is 0 Å². The number of anilines is 2. The van der Waals surface area contributed by atoms with E-state index in [1.165, 1.54) is 0 Å². The quantitative estimate of drug-likeness (QED) is 0.789. The highest BCUT2D eigenvalue weighted by Gasteiger charge is 2.27. The molecular weight excluding hydrogens is 264 g/mol. The third-order valence-corrected chi connectivity index (χ3v) is 4.37. The van der Waals surface area contributed by atoms with Gasteiger partial charge in [-0.2, -0.15) is 0 Å². The van der Waals surface area contributed by atoms with Crippen molar-refractivity contribution < 1.29 is 4.79 Å². The van der Waals surface area contributed by atoms with E-state index in [9.17, 15) is 4.79 Å². The number of hydrogen-bond donors (Lipinski definition) is 3. The van der Waals surface area contributed by atoms with Crippen molar-refractivity contribution in [3.05, 3.63) is 24.3 Å². The molecule has 5 nitrogen and oxygen atoms in total. The van der Waals surface area contributed by atoms with Gasteiger partial charge < -0.3 is 20.9 Å². The Morgan fingerprint density at radius 3 is 3.00 bits per heavy atom. The van der Waals surface area contributed by atoms with E-state index in [4.69, 9.17) is 0 Å². The van der Waals surface area contributed by atoms with Gasteiger partial charge in [-0.05, 0) is 38.1 Å². The van der Waals surface area contributed by atoms with Crippen molar-refractivity contribution >= 4 is 17.3 Å². The number of carbonyl (C=O) groups excluding carboxylic acids is 1. The first-order valence-corrected chi connectivity index (χ1v) is 7.88. The number of hydrogen-bond acceptors (Lipinski definition) is 4. The van der Waals surface area contributed by atoms with Crippen molar-refractivity contribution in [2.45, 2.75) is 31.8 Å². The van der Waals surface area contributed by atoms with Crippen LogP contribution in [0.2, 0.25) is 0 Å². The number of likely N-dealkylation sites (tertiary alicyclic amines) is 1. The Labute approximate surface area is 126 Å². The van der Waals surface area contributed by atoms with Crippen molar-refractivity contribution in [2.75, 3.05) is 36.8 Å². The molecule has 0 bridgehead atoms. The van der Waals surface area contributed by atoms with E-state index in [0.717, 1.165) is 43.9 Å². The summed E-state index contributed by atoms with van der Waals surface area (Å²) in [6, 6.07) is 8.09. The molecule has 0 aromatic heterocycles. The number of rotatable bonds is 3. The summed E-state index contributed by atoms with van der Waals surface area (Å²) in [5, 5.41) is 9.84. The molecule has 2 aliphatic rings. The van der Waals surface area contributed by atoms with Crippen molar-refractivity contribution in [3.8, 4) is 0 Å². The molecule has 1 aromatic carbocycles. The van der Waals surface area contributed by atoms with Gasteiger partial charge in [0.15, 0.2) is 0 Å². The molecule has 2 heterocycles. The topological polar surface area (TPSA) is 56.4 Å². The van der Waals surface area contributed by atoms with Crippen molar-refractivity contribution in [3.63, 3.8) is 0 Å². The lowest BCUT2D eigenvalue weighted by atomic mass is 10.0. The Bertz CT molecular complexity index is 505. The zero-order valence-corrected chi connectivity index (χ0v) is 12.6. The zero-order valence-electron chi connectivity index (χ0n) is 12.6. The fraction of sp³-hybridized carbons (Fsp3) is 0.562. The van der Waals surface area contributed by atoms with Crippen LogP contribution in [-0.2, 0) is 4.79 Å². The minimum absolute atomic E-state index is 0.0972. The average molecular weight is 288 g/mol. The lowest BCUT2D eigenvalue weighted by Gasteiger charge is -2.34. The molecule has 3 rings (SSSR count). The van der Waals surface area contributed by atoms with Crippen LogP contribution < -0.4 is 16.0 Å². The summed E-state index contributed by atoms with van der Waals surface area (Å²) in [5.74, 6) is 0.0972. The highest BCUT2D eigenvalue weighted by Crippen LogP contribution is 2.25. The number of likely N-dealkylation sites (N-methyl/N-ethyl adjacent to an activating group) is 1. The van der Waals surface area contributed by atoms with Crippen LogP contribution in [-0.4, -0.2) is 49.1 Å². The van der Waals surface area contributed by atoms with Crippen LogP contribution in [0.3, 0.4) is 0 Å². The van der Waals surface area contributed by atoms with Crippen LogP contribution in [0.1, 0.15) is 19.8 Å². The Kier molecular flexibility index (Phi) is 4.29. The van der Waals surface area contributed by atoms with Gasteiger partial charge >= 0.3 is 0 Å². The standard InChI is InChI=1S/C16H24N4O/c1-2-20-9-5-6-12(11-20)18-16(21)15-10-17-13-7-3-4-8-14(13)19-15/h3-4,7-8,12,15,17,19H,2,5-6,9-11H2,1H3,(H,18,21). The number of piperidine rings is 1. The summed E-state index contributed by atoms with van der Waals surface area (Å²) in [7, 11) is 0. The lowest BCUT2D eigenvalue weighted by molar-refractivity contribution is -0.122. The van der Waals surface area contributed by atoms with E-state index in [1.807, 2.05) is 24.3 Å². The molecule has 1 fully saturated rings. The van der Waals surface area contributed by atoms with Gasteiger partial charge in [0.05, 0.1) is 11.4 Å². The summed E-state index contributed by atoms with van der Waals surface area (Å²) >= 11 is 0. The number of fused-ring (bicyclic) bond motifs is 1. The molecule has 2 atom stereocenters. The van der Waals surface area contributed by atoms with Crippen LogP contribution in [0.4, 0.5) is 11.4 Å². The Morgan fingerprint density at radius 2 is 2.19 bits per heavy atom. The summed E-state index contributed by atoms with van der Waals surface area (Å²) in [5.41, 5.74) is 2.07. The molecule has 3 N–H and O–H groups in total. The molecule has 1 aromatic rings. The molecule has 1 amide bonds. The van der Waals surface area contributed by atoms with Gasteiger partial charge in [0.25, 0.3) is 0 Å². The molecule has 0 radical (unpaired) electrons. The van der Waals surface area contributed by atoms with Gasteiger partial charge in [-0.25, -0.2) is 0 Å². The van der Waals surface area contributed by atoms with Gasteiger partial charge in [0.1, 0.15) is 6.04 Å². The van der Waals surface area contributed by atoms with Crippen molar-refractivity contribution in [1.82, 2.24) is 10.2 Å². The summed E-state index contributed by atoms with van der Waals surface area (Å²) in [4.78, 5) is 14.8.